The number of nitrogens with one attached hydrogen (secondary N) is 1. The van der Waals surface area contributed by atoms with Gasteiger partial charge in [0.05, 0.1) is 24.2 Å². The van der Waals surface area contributed by atoms with Crippen molar-refractivity contribution < 1.29 is 23.9 Å². The highest BCUT2D eigenvalue weighted by Crippen LogP contribution is 2.35. The van der Waals surface area contributed by atoms with E-state index in [-0.39, 0.29) is 30.2 Å². The van der Waals surface area contributed by atoms with E-state index < -0.39 is 0 Å². The predicted octanol–water partition coefficient (Wildman–Crippen LogP) is 6.33. The minimum Gasteiger partial charge on any atom is -0.493 e. The molecular weight excluding hydrogens is 556 g/mol. The van der Waals surface area contributed by atoms with E-state index in [9.17, 15) is 14.4 Å². The van der Waals surface area contributed by atoms with Gasteiger partial charge in [0.15, 0.2) is 18.1 Å². The highest BCUT2D eigenvalue weighted by molar-refractivity contribution is 9.10. The SMILES string of the molecule is COc1cc(/C=C2/SC(=O)N(Cc3ccccc3)C2=O)ccc1OCC(=O)Nc1cc(C)c(C)cc1Br. The Balaban J connectivity index is 1.42. The third-order valence-corrected chi connectivity index (χ3v) is 7.32. The minimum atomic E-state index is -0.340. The van der Waals surface area contributed by atoms with Crippen molar-refractivity contribution in [2.24, 2.45) is 0 Å². The van der Waals surface area contributed by atoms with E-state index in [1.54, 1.807) is 24.3 Å². The van der Waals surface area contributed by atoms with Crippen LogP contribution in [0.5, 0.6) is 11.5 Å². The molecule has 0 radical (unpaired) electrons. The van der Waals surface area contributed by atoms with Crippen LogP contribution in [0.4, 0.5) is 10.5 Å². The molecule has 4 rings (SSSR count). The van der Waals surface area contributed by atoms with Crippen molar-refractivity contribution in [3.8, 4) is 11.5 Å². The fourth-order valence-electron chi connectivity index (χ4n) is 3.65. The third kappa shape index (κ3) is 6.42. The van der Waals surface area contributed by atoms with E-state index in [2.05, 4.69) is 21.2 Å². The molecule has 7 nitrogen and oxygen atoms in total. The molecule has 0 aliphatic carbocycles. The van der Waals surface area contributed by atoms with Crippen molar-refractivity contribution in [1.29, 1.82) is 0 Å². The number of aryl methyl sites for hydroxylation is 2. The second-order valence-corrected chi connectivity index (χ2v) is 10.3. The number of imide groups is 1. The van der Waals surface area contributed by atoms with E-state index >= 15 is 0 Å². The summed E-state index contributed by atoms with van der Waals surface area (Å²) < 4.78 is 11.9. The molecule has 1 fully saturated rings. The van der Waals surface area contributed by atoms with Gasteiger partial charge in [-0.1, -0.05) is 36.4 Å². The smallest absolute Gasteiger partial charge is 0.293 e. The summed E-state index contributed by atoms with van der Waals surface area (Å²) in [7, 11) is 1.49. The maximum atomic E-state index is 12.8. The molecule has 0 unspecified atom stereocenters. The summed E-state index contributed by atoms with van der Waals surface area (Å²) in [6, 6.07) is 18.3. The van der Waals surface area contributed by atoms with Gasteiger partial charge in [-0.15, -0.1) is 0 Å². The van der Waals surface area contributed by atoms with Gasteiger partial charge in [-0.3, -0.25) is 19.3 Å². The Labute approximate surface area is 228 Å². The number of thioether (sulfide) groups is 1. The molecule has 0 saturated carbocycles. The van der Waals surface area contributed by atoms with Gasteiger partial charge in [0.1, 0.15) is 0 Å². The molecule has 0 bridgehead atoms. The molecule has 37 heavy (non-hydrogen) atoms. The van der Waals surface area contributed by atoms with Gasteiger partial charge in [0.25, 0.3) is 17.1 Å². The Morgan fingerprint density at radius 2 is 1.76 bits per heavy atom. The number of carbonyl (C=O) groups excluding carboxylic acids is 3. The van der Waals surface area contributed by atoms with Crippen molar-refractivity contribution in [1.82, 2.24) is 4.90 Å². The second-order valence-electron chi connectivity index (χ2n) is 8.42. The topological polar surface area (TPSA) is 84.9 Å². The Morgan fingerprint density at radius 1 is 1.03 bits per heavy atom. The van der Waals surface area contributed by atoms with Gasteiger partial charge in [-0.25, -0.2) is 0 Å². The first-order valence-corrected chi connectivity index (χ1v) is 13.0. The highest BCUT2D eigenvalue weighted by atomic mass is 79.9. The molecule has 0 aromatic heterocycles. The number of methoxy groups -OCH3 is 1. The molecular formula is C28H25BrN2O5S. The first-order valence-electron chi connectivity index (χ1n) is 11.4. The number of amides is 3. The van der Waals surface area contributed by atoms with E-state index in [0.29, 0.717) is 27.7 Å². The molecule has 1 aliphatic heterocycles. The van der Waals surface area contributed by atoms with Crippen molar-refractivity contribution in [3.05, 3.63) is 92.3 Å². The molecule has 1 heterocycles. The predicted molar refractivity (Wildman–Crippen MR) is 149 cm³/mol. The summed E-state index contributed by atoms with van der Waals surface area (Å²) in [6.45, 7) is 3.98. The number of nitrogens with zero attached hydrogens (tertiary/aromatic N) is 1. The van der Waals surface area contributed by atoms with Crippen molar-refractivity contribution in [2.75, 3.05) is 19.0 Å². The fraction of sp³-hybridized carbons (Fsp3) is 0.179. The Kier molecular flexibility index (Phi) is 8.35. The summed E-state index contributed by atoms with van der Waals surface area (Å²) in [4.78, 5) is 39.3. The average molecular weight is 581 g/mol. The van der Waals surface area contributed by atoms with Crippen LogP contribution in [0.15, 0.2) is 70.0 Å². The van der Waals surface area contributed by atoms with Crippen molar-refractivity contribution >= 4 is 56.5 Å². The van der Waals surface area contributed by atoms with Crippen molar-refractivity contribution in [2.45, 2.75) is 20.4 Å². The van der Waals surface area contributed by atoms with Gasteiger partial charge in [-0.05, 0) is 94.1 Å². The molecule has 3 amide bonds. The molecule has 0 atom stereocenters. The maximum Gasteiger partial charge on any atom is 0.293 e. The number of benzene rings is 3. The lowest BCUT2D eigenvalue weighted by Gasteiger charge is -2.13. The normalized spacial score (nSPS) is 14.3. The number of hydrogen-bond donors (Lipinski definition) is 1. The van der Waals surface area contributed by atoms with Crippen LogP contribution in [0.2, 0.25) is 0 Å². The maximum absolute atomic E-state index is 12.8. The van der Waals surface area contributed by atoms with Gasteiger partial charge in [-0.2, -0.15) is 0 Å². The van der Waals surface area contributed by atoms with E-state index in [4.69, 9.17) is 9.47 Å². The van der Waals surface area contributed by atoms with E-state index in [1.165, 1.54) is 12.0 Å². The number of carbonyl (C=O) groups is 3. The lowest BCUT2D eigenvalue weighted by atomic mass is 10.1. The molecule has 3 aromatic rings. The molecule has 1 N–H and O–H groups in total. The molecule has 3 aromatic carbocycles. The lowest BCUT2D eigenvalue weighted by molar-refractivity contribution is -0.123. The van der Waals surface area contributed by atoms with Crippen LogP contribution in [0, 0.1) is 13.8 Å². The van der Waals surface area contributed by atoms with E-state index in [1.807, 2.05) is 56.3 Å². The number of rotatable bonds is 8. The average Bonchev–Trinajstić information content (AvgIpc) is 3.14. The zero-order valence-corrected chi connectivity index (χ0v) is 22.9. The van der Waals surface area contributed by atoms with Crippen LogP contribution in [-0.2, 0) is 16.1 Å². The number of hydrogen-bond acceptors (Lipinski definition) is 6. The van der Waals surface area contributed by atoms with Crippen LogP contribution in [0.25, 0.3) is 6.08 Å². The van der Waals surface area contributed by atoms with Gasteiger partial charge < -0.3 is 14.8 Å². The van der Waals surface area contributed by atoms with Crippen LogP contribution < -0.4 is 14.8 Å². The Bertz CT molecular complexity index is 1390. The van der Waals surface area contributed by atoms with Crippen LogP contribution >= 0.6 is 27.7 Å². The first-order chi connectivity index (χ1) is 17.7. The van der Waals surface area contributed by atoms with Gasteiger partial charge in [0.2, 0.25) is 0 Å². The minimum absolute atomic E-state index is 0.215. The molecule has 1 saturated heterocycles. The summed E-state index contributed by atoms with van der Waals surface area (Å²) in [5, 5.41) is 2.53. The van der Waals surface area contributed by atoms with Crippen LogP contribution in [-0.4, -0.2) is 35.7 Å². The molecule has 1 aliphatic rings. The summed E-state index contributed by atoms with van der Waals surface area (Å²) >= 11 is 4.37. The molecule has 0 spiro atoms. The Morgan fingerprint density at radius 3 is 2.49 bits per heavy atom. The standard InChI is InChI=1S/C28H25BrN2O5S/c1-17-11-21(29)22(12-18(17)2)30-26(32)16-36-23-10-9-20(13-24(23)35-3)14-25-27(33)31(28(34)37-25)15-19-7-5-4-6-8-19/h4-14H,15-16H2,1-3H3,(H,30,32)/b25-14+. The highest BCUT2D eigenvalue weighted by Gasteiger charge is 2.35. The number of halogens is 1. The molecule has 190 valence electrons. The third-order valence-electron chi connectivity index (χ3n) is 5.76. The van der Waals surface area contributed by atoms with Crippen molar-refractivity contribution in [3.63, 3.8) is 0 Å². The summed E-state index contributed by atoms with van der Waals surface area (Å²) in [5.74, 6) is 0.123. The molecule has 9 heteroatoms. The number of anilines is 1. The largest absolute Gasteiger partial charge is 0.493 e. The first kappa shape index (κ1) is 26.5. The quantitative estimate of drug-likeness (QED) is 0.313. The zero-order valence-electron chi connectivity index (χ0n) is 20.5. The summed E-state index contributed by atoms with van der Waals surface area (Å²) in [5.41, 5.74) is 4.39. The van der Waals surface area contributed by atoms with E-state index in [0.717, 1.165) is 32.9 Å². The monoisotopic (exact) mass is 580 g/mol. The van der Waals surface area contributed by atoms with Crippen LogP contribution in [0.1, 0.15) is 22.3 Å². The Hall–Kier alpha value is -3.56. The van der Waals surface area contributed by atoms with Gasteiger partial charge >= 0.3 is 0 Å². The number of ether oxygens (including phenoxy) is 2. The fourth-order valence-corrected chi connectivity index (χ4v) is 5.05. The second kappa shape index (κ2) is 11.7. The summed E-state index contributed by atoms with van der Waals surface area (Å²) in [6.07, 6.45) is 1.64. The zero-order chi connectivity index (χ0) is 26.5. The lowest BCUT2D eigenvalue weighted by Crippen LogP contribution is -2.27. The van der Waals surface area contributed by atoms with Gasteiger partial charge in [0, 0.05) is 4.47 Å². The van der Waals surface area contributed by atoms with Crippen LogP contribution in [0.3, 0.4) is 0 Å².